The molecule has 2 fully saturated rings. The molecule has 1 atom stereocenters. The fraction of sp³-hybridized carbons (Fsp3) is 0.684. The van der Waals surface area contributed by atoms with Gasteiger partial charge in [-0.25, -0.2) is 0 Å². The normalized spacial score (nSPS) is 20.9. The van der Waals surface area contributed by atoms with Crippen molar-refractivity contribution in [2.45, 2.75) is 46.7 Å². The highest BCUT2D eigenvalue weighted by Gasteiger charge is 2.41. The fourth-order valence-electron chi connectivity index (χ4n) is 3.94. The highest BCUT2D eigenvalue weighted by Crippen LogP contribution is 2.20. The minimum atomic E-state index is -0.448. The molecular weight excluding hydrogens is 346 g/mol. The molecule has 0 N–H and O–H groups in total. The van der Waals surface area contributed by atoms with E-state index in [-0.39, 0.29) is 30.8 Å². The Hall–Kier alpha value is -2.38. The van der Waals surface area contributed by atoms with Crippen LogP contribution in [0.2, 0.25) is 0 Å². The molecule has 2 saturated heterocycles. The Kier molecular flexibility index (Phi) is 5.53. The number of carbonyl (C=O) groups is 3. The number of carbonyl (C=O) groups excluding carboxylic acids is 3. The molecule has 8 nitrogen and oxygen atoms in total. The van der Waals surface area contributed by atoms with E-state index in [1.165, 1.54) is 0 Å². The van der Waals surface area contributed by atoms with Crippen molar-refractivity contribution in [3.05, 3.63) is 17.5 Å². The molecule has 27 heavy (non-hydrogen) atoms. The number of piperazine rings is 1. The van der Waals surface area contributed by atoms with Crippen LogP contribution < -0.4 is 0 Å². The number of aryl methyl sites for hydroxylation is 2. The summed E-state index contributed by atoms with van der Waals surface area (Å²) in [5.74, 6) is 0.280. The molecule has 8 heteroatoms. The molecule has 2 aliphatic heterocycles. The molecule has 148 valence electrons. The zero-order chi connectivity index (χ0) is 19.7. The summed E-state index contributed by atoms with van der Waals surface area (Å²) in [6.45, 7) is 10.2. The van der Waals surface area contributed by atoms with Gasteiger partial charge in [0.15, 0.2) is 0 Å². The van der Waals surface area contributed by atoms with Crippen molar-refractivity contribution in [2.75, 3.05) is 32.7 Å². The van der Waals surface area contributed by atoms with Gasteiger partial charge < -0.3 is 14.7 Å². The van der Waals surface area contributed by atoms with Gasteiger partial charge in [0.2, 0.25) is 17.7 Å². The SMILES string of the molecule is Cc1cc(C)n(CC(=O)N2CCC3C(=O)N(CC(C)C)CC(=O)N3CC2)n1. The minimum absolute atomic E-state index is 0.0103. The van der Waals surface area contributed by atoms with Crippen molar-refractivity contribution in [2.24, 2.45) is 5.92 Å². The van der Waals surface area contributed by atoms with E-state index in [1.54, 1.807) is 19.4 Å². The van der Waals surface area contributed by atoms with Crippen molar-refractivity contribution in [1.82, 2.24) is 24.5 Å². The zero-order valence-electron chi connectivity index (χ0n) is 16.6. The van der Waals surface area contributed by atoms with Gasteiger partial charge in [-0.05, 0) is 32.3 Å². The summed E-state index contributed by atoms with van der Waals surface area (Å²) in [6.07, 6.45) is 0.488. The van der Waals surface area contributed by atoms with Gasteiger partial charge in [-0.1, -0.05) is 13.8 Å². The van der Waals surface area contributed by atoms with E-state index in [0.29, 0.717) is 38.5 Å². The van der Waals surface area contributed by atoms with Crippen LogP contribution in [-0.4, -0.2) is 81.0 Å². The van der Waals surface area contributed by atoms with Crippen LogP contribution in [0, 0.1) is 19.8 Å². The molecule has 3 rings (SSSR count). The number of fused-ring (bicyclic) bond motifs is 1. The smallest absolute Gasteiger partial charge is 0.245 e. The van der Waals surface area contributed by atoms with Gasteiger partial charge in [0.05, 0.1) is 12.2 Å². The van der Waals surface area contributed by atoms with Crippen LogP contribution in [0.3, 0.4) is 0 Å². The molecule has 3 heterocycles. The lowest BCUT2D eigenvalue weighted by Crippen LogP contribution is -2.60. The first-order valence-electron chi connectivity index (χ1n) is 9.63. The molecule has 3 amide bonds. The first kappa shape index (κ1) is 19.4. The highest BCUT2D eigenvalue weighted by atomic mass is 16.2. The van der Waals surface area contributed by atoms with Crippen molar-refractivity contribution in [3.63, 3.8) is 0 Å². The molecule has 0 radical (unpaired) electrons. The quantitative estimate of drug-likeness (QED) is 0.764. The summed E-state index contributed by atoms with van der Waals surface area (Å²) in [7, 11) is 0. The predicted molar refractivity (Wildman–Crippen MR) is 99.8 cm³/mol. The number of nitrogens with zero attached hydrogens (tertiary/aromatic N) is 5. The Morgan fingerprint density at radius 2 is 1.96 bits per heavy atom. The highest BCUT2D eigenvalue weighted by molar-refractivity contribution is 5.95. The lowest BCUT2D eigenvalue weighted by atomic mass is 10.1. The van der Waals surface area contributed by atoms with Crippen molar-refractivity contribution in [3.8, 4) is 0 Å². The van der Waals surface area contributed by atoms with Crippen LogP contribution in [0.4, 0.5) is 0 Å². The maximum absolute atomic E-state index is 12.8. The van der Waals surface area contributed by atoms with E-state index < -0.39 is 6.04 Å². The zero-order valence-corrected chi connectivity index (χ0v) is 16.6. The Balaban J connectivity index is 1.67. The van der Waals surface area contributed by atoms with Gasteiger partial charge in [-0.3, -0.25) is 19.1 Å². The van der Waals surface area contributed by atoms with Crippen LogP contribution in [0.5, 0.6) is 0 Å². The molecule has 0 spiro atoms. The van der Waals surface area contributed by atoms with Crippen LogP contribution in [-0.2, 0) is 20.9 Å². The van der Waals surface area contributed by atoms with Crippen LogP contribution in [0.25, 0.3) is 0 Å². The second-order valence-electron chi connectivity index (χ2n) is 7.97. The number of amides is 3. The van der Waals surface area contributed by atoms with Gasteiger partial charge in [0, 0.05) is 31.9 Å². The number of aromatic nitrogens is 2. The van der Waals surface area contributed by atoms with Crippen LogP contribution >= 0.6 is 0 Å². The van der Waals surface area contributed by atoms with Crippen molar-refractivity contribution >= 4 is 17.7 Å². The van der Waals surface area contributed by atoms with Crippen LogP contribution in [0.15, 0.2) is 6.07 Å². The largest absolute Gasteiger partial charge is 0.339 e. The molecule has 0 aliphatic carbocycles. The van der Waals surface area contributed by atoms with E-state index in [4.69, 9.17) is 0 Å². The Morgan fingerprint density at radius 3 is 2.59 bits per heavy atom. The van der Waals surface area contributed by atoms with Gasteiger partial charge in [-0.15, -0.1) is 0 Å². The third kappa shape index (κ3) is 4.14. The second kappa shape index (κ2) is 7.70. The molecule has 0 aromatic carbocycles. The Morgan fingerprint density at radius 1 is 1.22 bits per heavy atom. The molecular formula is C19H29N5O3. The topological polar surface area (TPSA) is 78.8 Å². The van der Waals surface area contributed by atoms with Gasteiger partial charge >= 0.3 is 0 Å². The molecule has 0 bridgehead atoms. The van der Waals surface area contributed by atoms with E-state index in [0.717, 1.165) is 11.4 Å². The lowest BCUT2D eigenvalue weighted by Gasteiger charge is -2.39. The molecule has 1 aromatic heterocycles. The lowest BCUT2D eigenvalue weighted by molar-refractivity contribution is -0.156. The van der Waals surface area contributed by atoms with E-state index in [1.807, 2.05) is 33.8 Å². The van der Waals surface area contributed by atoms with Gasteiger partial charge in [0.25, 0.3) is 0 Å². The summed E-state index contributed by atoms with van der Waals surface area (Å²) < 4.78 is 1.70. The summed E-state index contributed by atoms with van der Waals surface area (Å²) in [6, 6.07) is 1.49. The standard InChI is InChI=1S/C19H29N5O3/c1-13(2)10-22-11-18(26)23-8-7-21(6-5-16(23)19(22)27)17(25)12-24-15(4)9-14(3)20-24/h9,13,16H,5-8,10-12H2,1-4H3. The number of rotatable bonds is 4. The van der Waals surface area contributed by atoms with Gasteiger partial charge in [-0.2, -0.15) is 5.10 Å². The average molecular weight is 375 g/mol. The fourth-order valence-corrected chi connectivity index (χ4v) is 3.94. The maximum Gasteiger partial charge on any atom is 0.245 e. The first-order valence-corrected chi connectivity index (χ1v) is 9.63. The van der Waals surface area contributed by atoms with Crippen LogP contribution in [0.1, 0.15) is 31.7 Å². The monoisotopic (exact) mass is 375 g/mol. The molecule has 1 aromatic rings. The summed E-state index contributed by atoms with van der Waals surface area (Å²) in [5, 5.41) is 4.35. The van der Waals surface area contributed by atoms with E-state index in [9.17, 15) is 14.4 Å². The second-order valence-corrected chi connectivity index (χ2v) is 7.97. The minimum Gasteiger partial charge on any atom is -0.339 e. The predicted octanol–water partition coefficient (Wildman–Crippen LogP) is 0.428. The number of hydrogen-bond acceptors (Lipinski definition) is 4. The third-order valence-electron chi connectivity index (χ3n) is 5.23. The van der Waals surface area contributed by atoms with Crippen molar-refractivity contribution < 1.29 is 14.4 Å². The van der Waals surface area contributed by atoms with E-state index in [2.05, 4.69) is 5.10 Å². The number of hydrogen-bond donors (Lipinski definition) is 0. The summed E-state index contributed by atoms with van der Waals surface area (Å²) >= 11 is 0. The molecule has 1 unspecified atom stereocenters. The Labute approximate surface area is 160 Å². The third-order valence-corrected chi connectivity index (χ3v) is 5.23. The maximum atomic E-state index is 12.8. The summed E-state index contributed by atoms with van der Waals surface area (Å²) in [5.41, 5.74) is 1.83. The molecule has 2 aliphatic rings. The molecule has 0 saturated carbocycles. The Bertz CT molecular complexity index is 742. The van der Waals surface area contributed by atoms with Crippen molar-refractivity contribution in [1.29, 1.82) is 0 Å². The van der Waals surface area contributed by atoms with Gasteiger partial charge in [0.1, 0.15) is 12.6 Å². The van der Waals surface area contributed by atoms with E-state index >= 15 is 0 Å². The first-order chi connectivity index (χ1) is 12.8. The average Bonchev–Trinajstić information content (AvgIpc) is 2.79. The summed E-state index contributed by atoms with van der Waals surface area (Å²) in [4.78, 5) is 43.2.